The molecule has 4 aromatic rings. The SMILES string of the molecule is Cc1ccc(C(=O)NCCCc2nc3ccccc3n2Cc2cc(C)ccc2C)c(C)c1. The lowest BCUT2D eigenvalue weighted by atomic mass is 10.1. The molecule has 1 aromatic heterocycles. The minimum atomic E-state index is -0.00797. The van der Waals surface area contributed by atoms with Gasteiger partial charge in [0.05, 0.1) is 11.0 Å². The number of imidazole rings is 1. The summed E-state index contributed by atoms with van der Waals surface area (Å²) in [5.74, 6) is 1.05. The first-order valence-electron chi connectivity index (χ1n) is 11.3. The van der Waals surface area contributed by atoms with Crippen molar-refractivity contribution in [3.63, 3.8) is 0 Å². The van der Waals surface area contributed by atoms with Crippen LogP contribution >= 0.6 is 0 Å². The van der Waals surface area contributed by atoms with E-state index in [4.69, 9.17) is 4.98 Å². The molecule has 0 aliphatic heterocycles. The molecule has 0 bridgehead atoms. The Balaban J connectivity index is 1.47. The largest absolute Gasteiger partial charge is 0.352 e. The summed E-state index contributed by atoms with van der Waals surface area (Å²) in [7, 11) is 0. The van der Waals surface area contributed by atoms with Crippen molar-refractivity contribution < 1.29 is 4.79 Å². The predicted octanol–water partition coefficient (Wildman–Crippen LogP) is 5.68. The molecule has 0 radical (unpaired) electrons. The number of fused-ring (bicyclic) bond motifs is 1. The topological polar surface area (TPSA) is 46.9 Å². The summed E-state index contributed by atoms with van der Waals surface area (Å²) < 4.78 is 2.32. The van der Waals surface area contributed by atoms with Gasteiger partial charge in [0.15, 0.2) is 0 Å². The zero-order valence-electron chi connectivity index (χ0n) is 19.4. The molecule has 1 N–H and O–H groups in total. The van der Waals surface area contributed by atoms with E-state index in [1.54, 1.807) is 0 Å². The Bertz CT molecular complexity index is 1270. The van der Waals surface area contributed by atoms with E-state index in [1.807, 2.05) is 38.1 Å². The van der Waals surface area contributed by atoms with Crippen LogP contribution in [0, 0.1) is 27.7 Å². The summed E-state index contributed by atoms with van der Waals surface area (Å²) >= 11 is 0. The molecule has 164 valence electrons. The van der Waals surface area contributed by atoms with E-state index in [0.717, 1.165) is 47.4 Å². The van der Waals surface area contributed by atoms with Gasteiger partial charge in [-0.15, -0.1) is 0 Å². The number of hydrogen-bond acceptors (Lipinski definition) is 2. The summed E-state index contributed by atoms with van der Waals surface area (Å²) in [5, 5.41) is 3.07. The van der Waals surface area contributed by atoms with Crippen molar-refractivity contribution in [1.29, 1.82) is 0 Å². The van der Waals surface area contributed by atoms with Gasteiger partial charge < -0.3 is 9.88 Å². The highest BCUT2D eigenvalue weighted by atomic mass is 16.1. The number of hydrogen-bond donors (Lipinski definition) is 1. The van der Waals surface area contributed by atoms with Gasteiger partial charge in [-0.3, -0.25) is 4.79 Å². The summed E-state index contributed by atoms with van der Waals surface area (Å²) in [5.41, 5.74) is 8.98. The molecule has 0 saturated carbocycles. The van der Waals surface area contributed by atoms with Gasteiger partial charge in [0.25, 0.3) is 5.91 Å². The Morgan fingerprint density at radius 1 is 0.906 bits per heavy atom. The molecule has 1 heterocycles. The molecule has 1 amide bonds. The van der Waals surface area contributed by atoms with Gasteiger partial charge in [0.2, 0.25) is 0 Å². The van der Waals surface area contributed by atoms with Gasteiger partial charge in [-0.1, -0.05) is 53.6 Å². The average molecular weight is 426 g/mol. The second-order valence-electron chi connectivity index (χ2n) is 8.71. The van der Waals surface area contributed by atoms with Crippen LogP contribution in [0.2, 0.25) is 0 Å². The normalized spacial score (nSPS) is 11.1. The highest BCUT2D eigenvalue weighted by Gasteiger charge is 2.13. The minimum Gasteiger partial charge on any atom is -0.352 e. The van der Waals surface area contributed by atoms with Gasteiger partial charge >= 0.3 is 0 Å². The monoisotopic (exact) mass is 425 g/mol. The molecule has 3 aromatic carbocycles. The summed E-state index contributed by atoms with van der Waals surface area (Å²) in [6.45, 7) is 9.75. The first kappa shape index (κ1) is 21.8. The van der Waals surface area contributed by atoms with Crippen molar-refractivity contribution in [3.8, 4) is 0 Å². The maximum atomic E-state index is 12.6. The molecule has 4 nitrogen and oxygen atoms in total. The molecular weight excluding hydrogens is 394 g/mol. The second kappa shape index (κ2) is 9.39. The molecule has 32 heavy (non-hydrogen) atoms. The van der Waals surface area contributed by atoms with Crippen molar-refractivity contribution in [2.45, 2.75) is 47.1 Å². The Morgan fingerprint density at radius 3 is 2.47 bits per heavy atom. The number of carbonyl (C=O) groups excluding carboxylic acids is 1. The van der Waals surface area contributed by atoms with E-state index in [2.05, 4.69) is 60.1 Å². The maximum Gasteiger partial charge on any atom is 0.251 e. The molecule has 0 unspecified atom stereocenters. The molecule has 0 fully saturated rings. The number of rotatable bonds is 7. The molecule has 0 spiro atoms. The molecule has 4 heteroatoms. The number of carbonyl (C=O) groups is 1. The molecule has 0 atom stereocenters. The van der Waals surface area contributed by atoms with E-state index in [-0.39, 0.29) is 5.91 Å². The van der Waals surface area contributed by atoms with Crippen LogP contribution in [0.25, 0.3) is 11.0 Å². The third-order valence-electron chi connectivity index (χ3n) is 6.06. The fourth-order valence-electron chi connectivity index (χ4n) is 4.25. The lowest BCUT2D eigenvalue weighted by Crippen LogP contribution is -2.25. The Hall–Kier alpha value is -3.40. The van der Waals surface area contributed by atoms with Crippen LogP contribution in [0.4, 0.5) is 0 Å². The van der Waals surface area contributed by atoms with Gasteiger partial charge in [-0.2, -0.15) is 0 Å². The zero-order valence-corrected chi connectivity index (χ0v) is 19.4. The van der Waals surface area contributed by atoms with E-state index in [0.29, 0.717) is 6.54 Å². The van der Waals surface area contributed by atoms with Crippen LogP contribution < -0.4 is 5.32 Å². The summed E-state index contributed by atoms with van der Waals surface area (Å²) in [6.07, 6.45) is 1.65. The number of nitrogens with zero attached hydrogens (tertiary/aromatic N) is 2. The van der Waals surface area contributed by atoms with Crippen molar-refractivity contribution in [3.05, 3.63) is 99.9 Å². The van der Waals surface area contributed by atoms with Crippen LogP contribution in [0.3, 0.4) is 0 Å². The van der Waals surface area contributed by atoms with E-state index in [9.17, 15) is 4.79 Å². The fraction of sp³-hybridized carbons (Fsp3) is 0.286. The third kappa shape index (κ3) is 4.75. The van der Waals surface area contributed by atoms with Crippen LogP contribution in [0.1, 0.15) is 50.4 Å². The summed E-state index contributed by atoms with van der Waals surface area (Å²) in [6, 6.07) is 20.8. The average Bonchev–Trinajstić information content (AvgIpc) is 3.11. The van der Waals surface area contributed by atoms with Crippen LogP contribution in [-0.4, -0.2) is 22.0 Å². The molecule has 0 aliphatic carbocycles. The predicted molar refractivity (Wildman–Crippen MR) is 131 cm³/mol. The van der Waals surface area contributed by atoms with E-state index in [1.165, 1.54) is 22.3 Å². The maximum absolute atomic E-state index is 12.6. The Morgan fingerprint density at radius 2 is 1.66 bits per heavy atom. The molecule has 0 aliphatic rings. The fourth-order valence-corrected chi connectivity index (χ4v) is 4.25. The quantitative estimate of drug-likeness (QED) is 0.387. The van der Waals surface area contributed by atoms with E-state index >= 15 is 0 Å². The van der Waals surface area contributed by atoms with Gasteiger partial charge in [0.1, 0.15) is 5.82 Å². The first-order valence-corrected chi connectivity index (χ1v) is 11.3. The highest BCUT2D eigenvalue weighted by Crippen LogP contribution is 2.21. The second-order valence-corrected chi connectivity index (χ2v) is 8.71. The number of aromatic nitrogens is 2. The van der Waals surface area contributed by atoms with Gasteiger partial charge in [-0.05, 0) is 69.0 Å². The lowest BCUT2D eigenvalue weighted by Gasteiger charge is -2.13. The smallest absolute Gasteiger partial charge is 0.251 e. The molecule has 4 rings (SSSR count). The van der Waals surface area contributed by atoms with E-state index < -0.39 is 0 Å². The van der Waals surface area contributed by atoms with Crippen molar-refractivity contribution in [2.75, 3.05) is 6.54 Å². The first-order chi connectivity index (χ1) is 15.4. The lowest BCUT2D eigenvalue weighted by molar-refractivity contribution is 0.0952. The Kier molecular flexibility index (Phi) is 6.40. The minimum absolute atomic E-state index is 0.00797. The molecule has 0 saturated heterocycles. The van der Waals surface area contributed by atoms with Crippen LogP contribution in [0.15, 0.2) is 60.7 Å². The number of aryl methyl sites for hydroxylation is 5. The number of para-hydroxylation sites is 2. The number of nitrogens with one attached hydrogen (secondary N) is 1. The highest BCUT2D eigenvalue weighted by molar-refractivity contribution is 5.95. The van der Waals surface area contributed by atoms with Crippen molar-refractivity contribution >= 4 is 16.9 Å². The third-order valence-corrected chi connectivity index (χ3v) is 6.06. The molecular formula is C28H31N3O. The van der Waals surface area contributed by atoms with Crippen LogP contribution in [0.5, 0.6) is 0 Å². The van der Waals surface area contributed by atoms with Crippen LogP contribution in [-0.2, 0) is 13.0 Å². The zero-order chi connectivity index (χ0) is 22.7. The summed E-state index contributed by atoms with van der Waals surface area (Å²) in [4.78, 5) is 17.5. The Labute approximate surface area is 190 Å². The van der Waals surface area contributed by atoms with Gasteiger partial charge in [-0.25, -0.2) is 4.98 Å². The number of amides is 1. The standard InChI is InChI=1S/C28H31N3O/c1-19-12-14-24(22(4)16-19)28(32)29-15-7-10-27-30-25-8-5-6-9-26(25)31(27)18-23-17-20(2)11-13-21(23)3/h5-6,8-9,11-14,16-17H,7,10,15,18H2,1-4H3,(H,29,32). The van der Waals surface area contributed by atoms with Crippen molar-refractivity contribution in [2.24, 2.45) is 0 Å². The number of benzene rings is 3. The van der Waals surface area contributed by atoms with Crippen molar-refractivity contribution in [1.82, 2.24) is 14.9 Å². The van der Waals surface area contributed by atoms with Gasteiger partial charge in [0, 0.05) is 25.1 Å².